The molecular weight excluding hydrogens is 266 g/mol. The fourth-order valence-corrected chi connectivity index (χ4v) is 2.00. The predicted molar refractivity (Wildman–Crippen MR) is 77.8 cm³/mol. The van der Waals surface area contributed by atoms with E-state index in [1.165, 1.54) is 4.88 Å². The van der Waals surface area contributed by atoms with Crippen molar-refractivity contribution < 1.29 is 4.79 Å². The van der Waals surface area contributed by atoms with Gasteiger partial charge < -0.3 is 5.73 Å². The maximum absolute atomic E-state index is 10.4. The van der Waals surface area contributed by atoms with Gasteiger partial charge in [0.15, 0.2) is 0 Å². The Balaban J connectivity index is 0.000000199. The lowest BCUT2D eigenvalue weighted by Gasteiger charge is -1.95. The number of carbonyl (C=O) groups is 1. The maximum atomic E-state index is 10.4. The van der Waals surface area contributed by atoms with Gasteiger partial charge in [0.1, 0.15) is 0 Å². The molecule has 0 radical (unpaired) electrons. The number of halogens is 1. The summed E-state index contributed by atoms with van der Waals surface area (Å²) in [6.07, 6.45) is 1.16. The number of carbonyl (C=O) groups excluding carboxylic acids is 1. The second-order valence-corrected chi connectivity index (χ2v) is 5.08. The summed E-state index contributed by atoms with van der Waals surface area (Å²) < 4.78 is 0. The van der Waals surface area contributed by atoms with Crippen LogP contribution >= 0.6 is 22.9 Å². The van der Waals surface area contributed by atoms with E-state index in [-0.39, 0.29) is 5.24 Å². The summed E-state index contributed by atoms with van der Waals surface area (Å²) in [5.41, 5.74) is 6.46. The van der Waals surface area contributed by atoms with Crippen LogP contribution in [0, 0.1) is 0 Å². The average molecular weight is 282 g/mol. The van der Waals surface area contributed by atoms with Crippen molar-refractivity contribution in [2.75, 3.05) is 0 Å². The Hall–Kier alpha value is -1.16. The summed E-state index contributed by atoms with van der Waals surface area (Å²) in [5, 5.41) is 1.76. The van der Waals surface area contributed by atoms with E-state index in [1.54, 1.807) is 11.3 Å². The van der Waals surface area contributed by atoms with Crippen LogP contribution in [0.4, 0.5) is 0 Å². The molecule has 0 atom stereocenters. The Morgan fingerprint density at radius 3 is 2.33 bits per heavy atom. The van der Waals surface area contributed by atoms with E-state index in [2.05, 4.69) is 0 Å². The second-order valence-electron chi connectivity index (χ2n) is 3.62. The molecule has 18 heavy (non-hydrogen) atoms. The molecule has 1 aromatic carbocycles. The predicted octanol–water partition coefficient (Wildman–Crippen LogP) is 3.59. The normalized spacial score (nSPS) is 9.44. The number of nitrogens with two attached hydrogens (primary N) is 1. The summed E-state index contributed by atoms with van der Waals surface area (Å²) in [6.45, 7) is 0.678. The summed E-state index contributed by atoms with van der Waals surface area (Å²) in [6, 6.07) is 13.9. The van der Waals surface area contributed by atoms with E-state index in [0.29, 0.717) is 13.0 Å². The van der Waals surface area contributed by atoms with Crippen LogP contribution in [-0.4, -0.2) is 5.24 Å². The fraction of sp³-hybridized carbons (Fsp3) is 0.214. The molecule has 1 heterocycles. The third-order valence-corrected chi connectivity index (χ3v) is 3.32. The number of rotatable bonds is 4. The summed E-state index contributed by atoms with van der Waals surface area (Å²) in [5.74, 6) is 0. The SMILES string of the molecule is NCc1cccs1.O=C(Cl)CCc1ccccc1. The number of aryl methyl sites for hydroxylation is 1. The van der Waals surface area contributed by atoms with Crippen molar-refractivity contribution in [1.82, 2.24) is 0 Å². The molecule has 1 aromatic heterocycles. The average Bonchev–Trinajstić information content (AvgIpc) is 2.91. The van der Waals surface area contributed by atoms with Gasteiger partial charge in [-0.05, 0) is 35.0 Å². The minimum atomic E-state index is -0.270. The van der Waals surface area contributed by atoms with E-state index in [1.807, 2.05) is 47.8 Å². The molecule has 0 aliphatic heterocycles. The first-order chi connectivity index (χ1) is 8.72. The molecule has 4 heteroatoms. The standard InChI is InChI=1S/C9H9ClO.C5H7NS/c10-9(11)7-6-8-4-2-1-3-5-8;6-4-5-2-1-3-7-5/h1-5H,6-7H2;1-3H,4,6H2. The van der Waals surface area contributed by atoms with Gasteiger partial charge in [-0.1, -0.05) is 36.4 Å². The quantitative estimate of drug-likeness (QED) is 0.870. The highest BCUT2D eigenvalue weighted by Crippen LogP contribution is 2.05. The van der Waals surface area contributed by atoms with Crippen molar-refractivity contribution >= 4 is 28.2 Å². The van der Waals surface area contributed by atoms with Crippen LogP contribution in [0.25, 0.3) is 0 Å². The maximum Gasteiger partial charge on any atom is 0.221 e. The van der Waals surface area contributed by atoms with Crippen molar-refractivity contribution in [3.8, 4) is 0 Å². The largest absolute Gasteiger partial charge is 0.326 e. The van der Waals surface area contributed by atoms with Gasteiger partial charge in [-0.25, -0.2) is 0 Å². The first-order valence-electron chi connectivity index (χ1n) is 5.67. The van der Waals surface area contributed by atoms with Crippen molar-refractivity contribution in [3.05, 3.63) is 58.3 Å². The molecule has 2 nitrogen and oxygen atoms in total. The number of hydrogen-bond acceptors (Lipinski definition) is 3. The van der Waals surface area contributed by atoms with Crippen LogP contribution < -0.4 is 5.73 Å². The van der Waals surface area contributed by atoms with Crippen LogP contribution in [0.15, 0.2) is 47.8 Å². The number of hydrogen-bond donors (Lipinski definition) is 1. The van der Waals surface area contributed by atoms with Crippen molar-refractivity contribution in [2.45, 2.75) is 19.4 Å². The second kappa shape index (κ2) is 8.86. The molecule has 0 amide bonds. The zero-order valence-electron chi connectivity index (χ0n) is 10.0. The summed E-state index contributed by atoms with van der Waals surface area (Å²) in [7, 11) is 0. The van der Waals surface area contributed by atoms with Crippen LogP contribution in [0.1, 0.15) is 16.9 Å². The highest BCUT2D eigenvalue weighted by Gasteiger charge is 1.96. The zero-order chi connectivity index (χ0) is 13.2. The Morgan fingerprint density at radius 2 is 1.89 bits per heavy atom. The number of benzene rings is 1. The highest BCUT2D eigenvalue weighted by atomic mass is 35.5. The molecule has 2 N–H and O–H groups in total. The lowest BCUT2D eigenvalue weighted by molar-refractivity contribution is -0.111. The lowest BCUT2D eigenvalue weighted by Crippen LogP contribution is -1.90. The molecule has 0 fully saturated rings. The molecule has 0 aliphatic carbocycles. The Bertz CT molecular complexity index is 442. The molecule has 0 aliphatic rings. The van der Waals surface area contributed by atoms with Crippen LogP contribution in [0.5, 0.6) is 0 Å². The van der Waals surface area contributed by atoms with Gasteiger partial charge in [0, 0.05) is 17.8 Å². The Kier molecular flexibility index (Phi) is 7.34. The Labute approximate surface area is 116 Å². The fourth-order valence-electron chi connectivity index (χ4n) is 1.32. The van der Waals surface area contributed by atoms with Crippen molar-refractivity contribution in [1.29, 1.82) is 0 Å². The molecule has 2 aromatic rings. The van der Waals surface area contributed by atoms with Crippen molar-refractivity contribution in [2.24, 2.45) is 5.73 Å². The first kappa shape index (κ1) is 14.9. The summed E-state index contributed by atoms with van der Waals surface area (Å²) >= 11 is 6.89. The molecule has 0 saturated heterocycles. The van der Waals surface area contributed by atoms with E-state index in [9.17, 15) is 4.79 Å². The van der Waals surface area contributed by atoms with Gasteiger partial charge in [-0.3, -0.25) is 4.79 Å². The molecule has 2 rings (SSSR count). The van der Waals surface area contributed by atoms with Gasteiger partial charge in [0.25, 0.3) is 0 Å². The lowest BCUT2D eigenvalue weighted by atomic mass is 10.1. The molecule has 0 saturated carbocycles. The first-order valence-corrected chi connectivity index (χ1v) is 6.93. The zero-order valence-corrected chi connectivity index (χ0v) is 11.6. The smallest absolute Gasteiger partial charge is 0.221 e. The third-order valence-electron chi connectivity index (χ3n) is 2.23. The van der Waals surface area contributed by atoms with Gasteiger partial charge >= 0.3 is 0 Å². The van der Waals surface area contributed by atoms with E-state index >= 15 is 0 Å². The number of thiophene rings is 1. The topological polar surface area (TPSA) is 43.1 Å². The molecule has 0 bridgehead atoms. The van der Waals surface area contributed by atoms with E-state index in [0.717, 1.165) is 12.0 Å². The van der Waals surface area contributed by atoms with E-state index in [4.69, 9.17) is 17.3 Å². The van der Waals surface area contributed by atoms with Gasteiger partial charge in [-0.15, -0.1) is 11.3 Å². The molecule has 0 spiro atoms. The molecule has 0 unspecified atom stereocenters. The molecular formula is C14H16ClNOS. The van der Waals surface area contributed by atoms with Crippen LogP contribution in [0.2, 0.25) is 0 Å². The van der Waals surface area contributed by atoms with Gasteiger partial charge in [0.2, 0.25) is 5.24 Å². The Morgan fingerprint density at radius 1 is 1.17 bits per heavy atom. The third kappa shape index (κ3) is 6.55. The van der Waals surface area contributed by atoms with E-state index < -0.39 is 0 Å². The minimum absolute atomic E-state index is 0.270. The van der Waals surface area contributed by atoms with Crippen molar-refractivity contribution in [3.63, 3.8) is 0 Å². The van der Waals surface area contributed by atoms with Gasteiger partial charge in [0.05, 0.1) is 0 Å². The van der Waals surface area contributed by atoms with Gasteiger partial charge in [-0.2, -0.15) is 0 Å². The highest BCUT2D eigenvalue weighted by molar-refractivity contribution is 7.09. The van der Waals surface area contributed by atoms with Crippen LogP contribution in [0.3, 0.4) is 0 Å². The molecule has 96 valence electrons. The summed E-state index contributed by atoms with van der Waals surface area (Å²) in [4.78, 5) is 11.6. The van der Waals surface area contributed by atoms with Crippen LogP contribution in [-0.2, 0) is 17.8 Å². The minimum Gasteiger partial charge on any atom is -0.326 e. The monoisotopic (exact) mass is 281 g/mol.